The second-order valence-electron chi connectivity index (χ2n) is 1.18. The summed E-state index contributed by atoms with van der Waals surface area (Å²) < 4.78 is 54.6. The molecule has 0 saturated heterocycles. The zero-order chi connectivity index (χ0) is 7.49. The van der Waals surface area contributed by atoms with Crippen LogP contribution in [0.5, 0.6) is 0 Å². The minimum Gasteiger partial charge on any atom is -0.209 e. The minimum absolute atomic E-state index is 1.61. The molecule has 0 heterocycles. The molecule has 0 aromatic rings. The highest BCUT2D eigenvalue weighted by molar-refractivity contribution is 7.86. The van der Waals surface area contributed by atoms with Gasteiger partial charge in [-0.1, -0.05) is 4.39 Å². The first-order valence-electron chi connectivity index (χ1n) is 1.79. The molecule has 0 N–H and O–H groups in total. The van der Waals surface area contributed by atoms with E-state index in [1.807, 2.05) is 0 Å². The summed E-state index contributed by atoms with van der Waals surface area (Å²) in [7, 11) is -4.64. The molecule has 0 aromatic heterocycles. The van der Waals surface area contributed by atoms with Gasteiger partial charge in [-0.3, -0.25) is 0 Å². The van der Waals surface area contributed by atoms with Crippen LogP contribution in [-0.2, 0) is 14.5 Å². The normalized spacial score (nSPS) is 12.4. The molecule has 0 rings (SSSR count). The van der Waals surface area contributed by atoms with Gasteiger partial charge in [-0.05, 0) is 4.53 Å². The number of rotatable bonds is 3. The minimum atomic E-state index is -4.64. The molecule has 0 atom stereocenters. The van der Waals surface area contributed by atoms with Gasteiger partial charge in [-0.25, -0.2) is 8.78 Å². The first kappa shape index (κ1) is 8.70. The predicted molar refractivity (Wildman–Crippen MR) is 22.0 cm³/mol. The van der Waals surface area contributed by atoms with Crippen LogP contribution in [0, 0.1) is 0 Å². The van der Waals surface area contributed by atoms with Crippen molar-refractivity contribution in [3.8, 4) is 0 Å². The maximum atomic E-state index is 11.1. The average molecular weight is 164 g/mol. The number of hydrogen-bond donors (Lipinski definition) is 0. The SMILES string of the molecule is O=S(=O)(CC(F)F)OF. The summed E-state index contributed by atoms with van der Waals surface area (Å²) in [6.45, 7) is 0. The third kappa shape index (κ3) is 4.22. The van der Waals surface area contributed by atoms with E-state index in [2.05, 4.69) is 4.39 Å². The fraction of sp³-hybridized carbons (Fsp3) is 1.00. The van der Waals surface area contributed by atoms with Crippen LogP contribution in [0.25, 0.3) is 0 Å². The van der Waals surface area contributed by atoms with E-state index in [9.17, 15) is 21.7 Å². The molecular formula is C2H3F3O3S. The maximum Gasteiger partial charge on any atom is 0.303 e. The molecule has 0 aliphatic rings. The summed E-state index contributed by atoms with van der Waals surface area (Å²) >= 11 is 0. The van der Waals surface area contributed by atoms with Crippen LogP contribution >= 0.6 is 0 Å². The monoisotopic (exact) mass is 164 g/mol. The van der Waals surface area contributed by atoms with Gasteiger partial charge in [0.2, 0.25) is 0 Å². The lowest BCUT2D eigenvalue weighted by molar-refractivity contribution is 0.000347. The molecule has 0 spiro atoms. The van der Waals surface area contributed by atoms with Crippen molar-refractivity contribution in [3.05, 3.63) is 0 Å². The van der Waals surface area contributed by atoms with Crippen molar-refractivity contribution in [1.82, 2.24) is 0 Å². The van der Waals surface area contributed by atoms with Crippen LogP contribution in [0.15, 0.2) is 0 Å². The second-order valence-corrected chi connectivity index (χ2v) is 2.75. The molecule has 0 aliphatic carbocycles. The molecule has 3 nitrogen and oxygen atoms in total. The number of alkyl halides is 2. The fourth-order valence-corrected chi connectivity index (χ4v) is 0.540. The highest BCUT2D eigenvalue weighted by Gasteiger charge is 2.18. The van der Waals surface area contributed by atoms with E-state index in [1.54, 1.807) is 0 Å². The van der Waals surface area contributed by atoms with Gasteiger partial charge in [-0.2, -0.15) is 8.42 Å². The van der Waals surface area contributed by atoms with Crippen LogP contribution in [0.3, 0.4) is 0 Å². The second kappa shape index (κ2) is 3.02. The Hall–Kier alpha value is -0.300. The van der Waals surface area contributed by atoms with Gasteiger partial charge in [0.05, 0.1) is 0 Å². The highest BCUT2D eigenvalue weighted by atomic mass is 32.2. The third-order valence-corrected chi connectivity index (χ3v) is 1.28. The number of halogens is 3. The van der Waals surface area contributed by atoms with E-state index in [-0.39, 0.29) is 0 Å². The Morgan fingerprint density at radius 2 is 1.89 bits per heavy atom. The van der Waals surface area contributed by atoms with Gasteiger partial charge in [0.25, 0.3) is 6.43 Å². The Morgan fingerprint density at radius 3 is 2.00 bits per heavy atom. The summed E-state index contributed by atoms with van der Waals surface area (Å²) in [5.74, 6) is -1.61. The highest BCUT2D eigenvalue weighted by Crippen LogP contribution is 2.00. The van der Waals surface area contributed by atoms with Crippen molar-refractivity contribution in [3.63, 3.8) is 0 Å². The molecular weight excluding hydrogens is 161 g/mol. The van der Waals surface area contributed by atoms with Gasteiger partial charge in [-0.15, -0.1) is 0 Å². The van der Waals surface area contributed by atoms with Gasteiger partial charge in [0.1, 0.15) is 5.75 Å². The van der Waals surface area contributed by atoms with E-state index >= 15 is 0 Å². The molecule has 0 bridgehead atoms. The van der Waals surface area contributed by atoms with E-state index in [0.29, 0.717) is 0 Å². The molecule has 0 saturated carbocycles. The molecule has 0 aromatic carbocycles. The van der Waals surface area contributed by atoms with E-state index in [4.69, 9.17) is 0 Å². The van der Waals surface area contributed by atoms with Gasteiger partial charge >= 0.3 is 10.1 Å². The largest absolute Gasteiger partial charge is 0.303 e. The summed E-state index contributed by atoms with van der Waals surface area (Å²) in [4.78, 5) is 0. The zero-order valence-electron chi connectivity index (χ0n) is 4.05. The smallest absolute Gasteiger partial charge is 0.209 e. The van der Waals surface area contributed by atoms with E-state index in [0.717, 1.165) is 0 Å². The maximum absolute atomic E-state index is 11.1. The Kier molecular flexibility index (Phi) is 2.92. The summed E-state index contributed by atoms with van der Waals surface area (Å²) in [6.07, 6.45) is -3.11. The number of hydrogen-bond acceptors (Lipinski definition) is 3. The van der Waals surface area contributed by atoms with Crippen LogP contribution in [-0.4, -0.2) is 20.6 Å². The van der Waals surface area contributed by atoms with Crippen molar-refractivity contribution in [2.45, 2.75) is 6.43 Å². The Morgan fingerprint density at radius 1 is 1.44 bits per heavy atom. The van der Waals surface area contributed by atoms with Crippen LogP contribution in [0.4, 0.5) is 13.3 Å². The molecule has 0 radical (unpaired) electrons. The first-order chi connectivity index (χ1) is 3.98. The van der Waals surface area contributed by atoms with Crippen molar-refractivity contribution in [2.24, 2.45) is 0 Å². The van der Waals surface area contributed by atoms with Gasteiger partial charge in [0, 0.05) is 0 Å². The summed E-state index contributed by atoms with van der Waals surface area (Å²) in [5.41, 5.74) is 0. The van der Waals surface area contributed by atoms with Crippen molar-refractivity contribution >= 4 is 10.1 Å². The van der Waals surface area contributed by atoms with E-state index in [1.165, 1.54) is 0 Å². The lowest BCUT2D eigenvalue weighted by Crippen LogP contribution is -2.12. The summed E-state index contributed by atoms with van der Waals surface area (Å²) in [5, 5.41) is 0. The topological polar surface area (TPSA) is 43.4 Å². The molecule has 9 heavy (non-hydrogen) atoms. The van der Waals surface area contributed by atoms with Crippen molar-refractivity contribution in [1.29, 1.82) is 0 Å². The van der Waals surface area contributed by atoms with E-state index < -0.39 is 22.3 Å². The van der Waals surface area contributed by atoms with Crippen LogP contribution in [0.1, 0.15) is 0 Å². The molecule has 0 fully saturated rings. The Balaban J connectivity index is 3.90. The van der Waals surface area contributed by atoms with Crippen molar-refractivity contribution in [2.75, 3.05) is 5.75 Å². The van der Waals surface area contributed by atoms with Gasteiger partial charge in [0.15, 0.2) is 0 Å². The molecule has 7 heteroatoms. The quantitative estimate of drug-likeness (QED) is 0.609. The standard InChI is InChI=1S/C2H3F3O3S/c3-2(4)1-9(6,7)8-5/h2H,1H2. The van der Waals surface area contributed by atoms with Crippen LogP contribution < -0.4 is 0 Å². The molecule has 0 unspecified atom stereocenters. The Labute approximate surface area is 49.4 Å². The van der Waals surface area contributed by atoms with Crippen LogP contribution in [0.2, 0.25) is 0 Å². The van der Waals surface area contributed by atoms with Crippen molar-refractivity contribution < 1.29 is 26.1 Å². The third-order valence-electron chi connectivity index (χ3n) is 0.426. The fourth-order valence-electron chi connectivity index (χ4n) is 0.180. The lowest BCUT2D eigenvalue weighted by Gasteiger charge is -1.93. The Bertz CT molecular complexity index is 162. The predicted octanol–water partition coefficient (Wildman–Crippen LogP) is 0.482. The molecule has 0 aliphatic heterocycles. The first-order valence-corrected chi connectivity index (χ1v) is 3.37. The van der Waals surface area contributed by atoms with Gasteiger partial charge < -0.3 is 0 Å². The lowest BCUT2D eigenvalue weighted by atomic mass is 10.9. The molecule has 0 amide bonds. The average Bonchev–Trinajstić information content (AvgIpc) is 1.63. The summed E-state index contributed by atoms with van der Waals surface area (Å²) in [6, 6.07) is 0. The zero-order valence-corrected chi connectivity index (χ0v) is 4.87. The molecule has 56 valence electrons.